The minimum absolute atomic E-state index is 0.0473. The average Bonchev–Trinajstić information content (AvgIpc) is 2.82. The van der Waals surface area contributed by atoms with Gasteiger partial charge in [-0.05, 0) is 54.1 Å². The van der Waals surface area contributed by atoms with Crippen LogP contribution in [0.3, 0.4) is 0 Å². The molecule has 13 heteroatoms. The molecule has 0 saturated heterocycles. The molecule has 0 atom stereocenters. The normalized spacial score (nSPS) is 14.1. The fraction of sp³-hybridized carbons (Fsp3) is 0.0833. The van der Waals surface area contributed by atoms with Crippen molar-refractivity contribution in [2.75, 3.05) is 11.9 Å². The maximum Gasteiger partial charge on any atom is 0.383 e. The number of hydrogen-bond donors (Lipinski definition) is 1. The maximum atomic E-state index is 13.1. The SMILES string of the molecule is O=C(C[N+](=O)[O-])Oc1ccc(/C=C2\Sc3cc(S(=O)(=O)Cc4c(Cl)cccc4Cl)ccc3NC2=O)cc1. The molecule has 190 valence electrons. The number of halogens is 2. The Bertz CT molecular complexity index is 1540. The van der Waals surface area contributed by atoms with Gasteiger partial charge in [0.25, 0.3) is 12.5 Å². The Labute approximate surface area is 225 Å². The lowest BCUT2D eigenvalue weighted by atomic mass is 10.2. The molecule has 3 aromatic rings. The molecule has 3 aromatic carbocycles. The van der Waals surface area contributed by atoms with E-state index in [1.165, 1.54) is 30.3 Å². The second-order valence-electron chi connectivity index (χ2n) is 7.72. The summed E-state index contributed by atoms with van der Waals surface area (Å²) in [5, 5.41) is 13.6. The summed E-state index contributed by atoms with van der Waals surface area (Å²) in [5.74, 6) is -1.65. The number of benzene rings is 3. The van der Waals surface area contributed by atoms with Gasteiger partial charge < -0.3 is 10.1 Å². The Morgan fingerprint density at radius 3 is 2.41 bits per heavy atom. The number of hydrogen-bond acceptors (Lipinski definition) is 8. The van der Waals surface area contributed by atoms with Gasteiger partial charge in [-0.25, -0.2) is 13.2 Å². The smallest absolute Gasteiger partial charge is 0.383 e. The van der Waals surface area contributed by atoms with E-state index in [0.717, 1.165) is 11.8 Å². The molecule has 0 spiro atoms. The van der Waals surface area contributed by atoms with Gasteiger partial charge >= 0.3 is 5.97 Å². The predicted octanol–water partition coefficient (Wildman–Crippen LogP) is 5.23. The molecule has 0 aliphatic carbocycles. The van der Waals surface area contributed by atoms with E-state index in [9.17, 15) is 28.1 Å². The number of fused-ring (bicyclic) bond motifs is 1. The van der Waals surface area contributed by atoms with Gasteiger partial charge in [0.1, 0.15) is 5.75 Å². The maximum absolute atomic E-state index is 13.1. The van der Waals surface area contributed by atoms with Gasteiger partial charge in [-0.2, -0.15) is 0 Å². The van der Waals surface area contributed by atoms with E-state index < -0.39 is 27.3 Å². The zero-order valence-corrected chi connectivity index (χ0v) is 21.8. The highest BCUT2D eigenvalue weighted by atomic mass is 35.5. The highest BCUT2D eigenvalue weighted by Gasteiger charge is 2.25. The van der Waals surface area contributed by atoms with Crippen molar-refractivity contribution >= 4 is 68.4 Å². The summed E-state index contributed by atoms with van der Waals surface area (Å²) in [6.07, 6.45) is 1.58. The van der Waals surface area contributed by atoms with Crippen LogP contribution in [0.25, 0.3) is 6.08 Å². The van der Waals surface area contributed by atoms with E-state index in [4.69, 9.17) is 27.9 Å². The molecule has 37 heavy (non-hydrogen) atoms. The van der Waals surface area contributed by atoms with Gasteiger partial charge in [-0.3, -0.25) is 14.9 Å². The minimum atomic E-state index is -3.80. The van der Waals surface area contributed by atoms with E-state index in [1.807, 2.05) is 0 Å². The van der Waals surface area contributed by atoms with Crippen molar-refractivity contribution in [3.05, 3.63) is 96.9 Å². The summed E-state index contributed by atoms with van der Waals surface area (Å²) in [6.45, 7) is -0.953. The standard InChI is InChI=1S/C24H16Cl2N2O7S2/c25-18-2-1-3-19(26)17(18)13-37(33,34)16-8-9-20-21(11-16)36-22(24(30)27-20)10-14-4-6-15(7-5-14)35-23(29)12-28(31)32/h1-11H,12-13H2,(H,27,30)/b22-10-. The molecule has 1 heterocycles. The topological polar surface area (TPSA) is 133 Å². The summed E-state index contributed by atoms with van der Waals surface area (Å²) in [4.78, 5) is 34.5. The van der Waals surface area contributed by atoms with Crippen LogP contribution in [0.2, 0.25) is 10.0 Å². The Morgan fingerprint density at radius 2 is 1.76 bits per heavy atom. The van der Waals surface area contributed by atoms with Crippen molar-refractivity contribution in [3.8, 4) is 5.75 Å². The van der Waals surface area contributed by atoms with Gasteiger partial charge in [-0.1, -0.05) is 53.2 Å². The van der Waals surface area contributed by atoms with E-state index in [2.05, 4.69) is 5.32 Å². The van der Waals surface area contributed by atoms with Crippen molar-refractivity contribution in [1.82, 2.24) is 0 Å². The summed E-state index contributed by atoms with van der Waals surface area (Å²) in [6, 6.07) is 15.2. The van der Waals surface area contributed by atoms with E-state index in [1.54, 1.807) is 36.4 Å². The summed E-state index contributed by atoms with van der Waals surface area (Å²) in [5.41, 5.74) is 1.36. The molecular weight excluding hydrogens is 563 g/mol. The van der Waals surface area contributed by atoms with Crippen LogP contribution in [0.4, 0.5) is 5.69 Å². The van der Waals surface area contributed by atoms with Gasteiger partial charge in [0.05, 0.1) is 21.2 Å². The first-order chi connectivity index (χ1) is 17.5. The minimum Gasteiger partial charge on any atom is -0.422 e. The van der Waals surface area contributed by atoms with E-state index in [-0.39, 0.29) is 32.4 Å². The van der Waals surface area contributed by atoms with Crippen molar-refractivity contribution in [2.45, 2.75) is 15.5 Å². The molecule has 1 N–H and O–H groups in total. The molecule has 9 nitrogen and oxygen atoms in total. The number of carbonyl (C=O) groups excluding carboxylic acids is 2. The summed E-state index contributed by atoms with van der Waals surface area (Å²) >= 11 is 13.4. The van der Waals surface area contributed by atoms with Crippen molar-refractivity contribution in [1.29, 1.82) is 0 Å². The van der Waals surface area contributed by atoms with Gasteiger partial charge in [0, 0.05) is 25.4 Å². The molecule has 1 aliphatic rings. The molecular formula is C24H16Cl2N2O7S2. The average molecular weight is 579 g/mol. The van der Waals surface area contributed by atoms with E-state index in [0.29, 0.717) is 26.6 Å². The van der Waals surface area contributed by atoms with Crippen molar-refractivity contribution in [3.63, 3.8) is 0 Å². The monoisotopic (exact) mass is 578 g/mol. The Kier molecular flexibility index (Phi) is 7.88. The third-order valence-corrected chi connectivity index (χ3v) is 8.50. The lowest BCUT2D eigenvalue weighted by Gasteiger charge is -2.19. The number of nitrogens with zero attached hydrogens (tertiary/aromatic N) is 1. The van der Waals surface area contributed by atoms with Crippen molar-refractivity contribution in [2.24, 2.45) is 0 Å². The zero-order chi connectivity index (χ0) is 26.7. The van der Waals surface area contributed by atoms with Crippen LogP contribution >= 0.6 is 35.0 Å². The number of rotatable bonds is 7. The fourth-order valence-electron chi connectivity index (χ4n) is 3.32. The molecule has 1 aliphatic heterocycles. The summed E-state index contributed by atoms with van der Waals surface area (Å²) in [7, 11) is -3.80. The number of carbonyl (C=O) groups is 2. The summed E-state index contributed by atoms with van der Waals surface area (Å²) < 4.78 is 31.1. The number of ether oxygens (including phenoxy) is 1. The lowest BCUT2D eigenvalue weighted by Crippen LogP contribution is -2.19. The highest BCUT2D eigenvalue weighted by Crippen LogP contribution is 2.41. The van der Waals surface area contributed by atoms with Gasteiger partial charge in [0.2, 0.25) is 0 Å². The molecule has 0 radical (unpaired) electrons. The molecule has 0 fully saturated rings. The Hall–Kier alpha value is -3.38. The third kappa shape index (κ3) is 6.50. The van der Waals surface area contributed by atoms with Crippen LogP contribution in [0, 0.1) is 10.1 Å². The third-order valence-electron chi connectivity index (χ3n) is 5.07. The van der Waals surface area contributed by atoms with Crippen LogP contribution in [-0.2, 0) is 25.2 Å². The number of nitro groups is 1. The first-order valence-corrected chi connectivity index (χ1v) is 13.7. The highest BCUT2D eigenvalue weighted by molar-refractivity contribution is 8.04. The number of anilines is 1. The van der Waals surface area contributed by atoms with Crippen molar-refractivity contribution < 1.29 is 27.7 Å². The number of thioether (sulfide) groups is 1. The van der Waals surface area contributed by atoms with Crippen LogP contribution in [0.5, 0.6) is 5.75 Å². The number of nitrogens with one attached hydrogen (secondary N) is 1. The lowest BCUT2D eigenvalue weighted by molar-refractivity contribution is -0.469. The number of amides is 1. The molecule has 0 bridgehead atoms. The first-order valence-electron chi connectivity index (χ1n) is 10.4. The zero-order valence-electron chi connectivity index (χ0n) is 18.6. The molecule has 1 amide bonds. The Balaban J connectivity index is 1.54. The molecule has 4 rings (SSSR count). The first kappa shape index (κ1) is 26.7. The van der Waals surface area contributed by atoms with Gasteiger partial charge in [0.15, 0.2) is 9.84 Å². The quantitative estimate of drug-likeness (QED) is 0.132. The predicted molar refractivity (Wildman–Crippen MR) is 140 cm³/mol. The number of esters is 1. The van der Waals surface area contributed by atoms with E-state index >= 15 is 0 Å². The number of sulfone groups is 1. The Morgan fingerprint density at radius 1 is 1.08 bits per heavy atom. The van der Waals surface area contributed by atoms with Crippen LogP contribution in [0.1, 0.15) is 11.1 Å². The fourth-order valence-corrected chi connectivity index (χ4v) is 6.51. The van der Waals surface area contributed by atoms with Crippen LogP contribution < -0.4 is 10.1 Å². The van der Waals surface area contributed by atoms with Crippen LogP contribution in [-0.4, -0.2) is 31.8 Å². The molecule has 0 saturated carbocycles. The van der Waals surface area contributed by atoms with Gasteiger partial charge in [-0.15, -0.1) is 0 Å². The largest absolute Gasteiger partial charge is 0.422 e. The second kappa shape index (κ2) is 10.9. The second-order valence-corrected chi connectivity index (χ2v) is 11.6. The van der Waals surface area contributed by atoms with Crippen LogP contribution in [0.15, 0.2) is 75.4 Å². The molecule has 0 unspecified atom stereocenters. The molecule has 0 aromatic heterocycles.